The summed E-state index contributed by atoms with van der Waals surface area (Å²) in [6, 6.07) is 20.1. The van der Waals surface area contributed by atoms with Crippen molar-refractivity contribution in [1.82, 2.24) is 0 Å². The standard InChI is InChI=1S/C25H23ClO5/c1-2-3-16-29-22-12-6-20(7-13-22)25(28)31-23-14-8-19(9-15-23)24(27)30-17-18-4-10-21(26)11-5-18/h4-15H,2-3,16-17H2,1H3. The summed E-state index contributed by atoms with van der Waals surface area (Å²) in [5.41, 5.74) is 1.61. The first-order chi connectivity index (χ1) is 15.0. The first-order valence-electron chi connectivity index (χ1n) is 10.0. The van der Waals surface area contributed by atoms with Crippen LogP contribution in [0.2, 0.25) is 5.02 Å². The minimum atomic E-state index is -0.488. The number of ether oxygens (including phenoxy) is 3. The smallest absolute Gasteiger partial charge is 0.343 e. The molecule has 31 heavy (non-hydrogen) atoms. The molecule has 0 N–H and O–H groups in total. The predicted octanol–water partition coefficient (Wildman–Crippen LogP) is 6.10. The number of unbranched alkanes of at least 4 members (excludes halogenated alkanes) is 1. The summed E-state index contributed by atoms with van der Waals surface area (Å²) in [6.45, 7) is 2.89. The van der Waals surface area contributed by atoms with Gasteiger partial charge in [0.2, 0.25) is 0 Å². The SMILES string of the molecule is CCCCOc1ccc(C(=O)Oc2ccc(C(=O)OCc3ccc(Cl)cc3)cc2)cc1. The van der Waals surface area contributed by atoms with E-state index >= 15 is 0 Å². The Balaban J connectivity index is 1.51. The second-order valence-electron chi connectivity index (χ2n) is 6.84. The molecule has 3 rings (SSSR count). The van der Waals surface area contributed by atoms with Crippen LogP contribution in [0.5, 0.6) is 11.5 Å². The van der Waals surface area contributed by atoms with Crippen LogP contribution in [0.4, 0.5) is 0 Å². The lowest BCUT2D eigenvalue weighted by atomic mass is 10.2. The van der Waals surface area contributed by atoms with Gasteiger partial charge in [-0.1, -0.05) is 37.1 Å². The fourth-order valence-corrected chi connectivity index (χ4v) is 2.79. The van der Waals surface area contributed by atoms with Gasteiger partial charge in [0, 0.05) is 5.02 Å². The minimum absolute atomic E-state index is 0.144. The molecule has 0 fully saturated rings. The van der Waals surface area contributed by atoms with Gasteiger partial charge < -0.3 is 14.2 Å². The molecule has 0 aromatic heterocycles. The molecule has 0 spiro atoms. The highest BCUT2D eigenvalue weighted by molar-refractivity contribution is 6.30. The van der Waals surface area contributed by atoms with Gasteiger partial charge in [-0.05, 0) is 72.6 Å². The molecule has 0 bridgehead atoms. The fraction of sp³-hybridized carbons (Fsp3) is 0.200. The van der Waals surface area contributed by atoms with Crippen molar-refractivity contribution in [2.24, 2.45) is 0 Å². The maximum Gasteiger partial charge on any atom is 0.343 e. The summed E-state index contributed by atoms with van der Waals surface area (Å²) >= 11 is 5.84. The summed E-state index contributed by atoms with van der Waals surface area (Å²) in [6.07, 6.45) is 2.04. The number of hydrogen-bond acceptors (Lipinski definition) is 5. The lowest BCUT2D eigenvalue weighted by Crippen LogP contribution is -2.09. The van der Waals surface area contributed by atoms with E-state index in [1.165, 1.54) is 0 Å². The molecule has 6 heteroatoms. The molecule has 0 aliphatic rings. The van der Waals surface area contributed by atoms with Crippen LogP contribution in [0.15, 0.2) is 72.8 Å². The van der Waals surface area contributed by atoms with E-state index in [0.29, 0.717) is 34.3 Å². The monoisotopic (exact) mass is 438 g/mol. The van der Waals surface area contributed by atoms with Gasteiger partial charge >= 0.3 is 11.9 Å². The zero-order valence-corrected chi connectivity index (χ0v) is 17.9. The van der Waals surface area contributed by atoms with E-state index in [1.807, 2.05) is 0 Å². The number of esters is 2. The molecule has 0 saturated heterocycles. The van der Waals surface area contributed by atoms with E-state index in [0.717, 1.165) is 18.4 Å². The average Bonchev–Trinajstić information content (AvgIpc) is 2.79. The summed E-state index contributed by atoms with van der Waals surface area (Å²) in [4.78, 5) is 24.5. The van der Waals surface area contributed by atoms with Crippen molar-refractivity contribution >= 4 is 23.5 Å². The molecule has 0 atom stereocenters. The average molecular weight is 439 g/mol. The molecule has 0 unspecified atom stereocenters. The Bertz CT molecular complexity index is 996. The molecule has 3 aromatic rings. The number of carbonyl (C=O) groups is 2. The molecule has 5 nitrogen and oxygen atoms in total. The van der Waals surface area contributed by atoms with Gasteiger partial charge in [0.15, 0.2) is 0 Å². The second-order valence-corrected chi connectivity index (χ2v) is 7.28. The Kier molecular flexibility index (Phi) is 8.07. The molecule has 0 saturated carbocycles. The molecule has 0 heterocycles. The number of halogens is 1. The Labute approximate surface area is 186 Å². The van der Waals surface area contributed by atoms with Crippen molar-refractivity contribution in [2.45, 2.75) is 26.4 Å². The first kappa shape index (κ1) is 22.4. The van der Waals surface area contributed by atoms with Crippen LogP contribution in [0.1, 0.15) is 46.0 Å². The molecular formula is C25H23ClO5. The van der Waals surface area contributed by atoms with Crippen LogP contribution in [-0.2, 0) is 11.3 Å². The number of carbonyl (C=O) groups excluding carboxylic acids is 2. The number of hydrogen-bond donors (Lipinski definition) is 0. The lowest BCUT2D eigenvalue weighted by Gasteiger charge is -2.08. The summed E-state index contributed by atoms with van der Waals surface area (Å²) < 4.78 is 16.2. The summed E-state index contributed by atoms with van der Waals surface area (Å²) in [5.74, 6) is 0.0960. The Hall–Kier alpha value is -3.31. The van der Waals surface area contributed by atoms with Gasteiger partial charge in [-0.15, -0.1) is 0 Å². The molecule has 0 aliphatic carbocycles. The largest absolute Gasteiger partial charge is 0.494 e. The van der Waals surface area contributed by atoms with Gasteiger partial charge in [0.25, 0.3) is 0 Å². The van der Waals surface area contributed by atoms with Gasteiger partial charge in [-0.3, -0.25) is 0 Å². The Morgan fingerprint density at radius 1 is 0.774 bits per heavy atom. The highest BCUT2D eigenvalue weighted by atomic mass is 35.5. The predicted molar refractivity (Wildman–Crippen MR) is 119 cm³/mol. The van der Waals surface area contributed by atoms with E-state index in [9.17, 15) is 9.59 Å². The van der Waals surface area contributed by atoms with Crippen molar-refractivity contribution in [3.05, 3.63) is 94.5 Å². The second kappa shape index (κ2) is 11.2. The van der Waals surface area contributed by atoms with Crippen molar-refractivity contribution in [2.75, 3.05) is 6.61 Å². The Morgan fingerprint density at radius 3 is 1.97 bits per heavy atom. The van der Waals surface area contributed by atoms with Crippen molar-refractivity contribution in [3.63, 3.8) is 0 Å². The summed E-state index contributed by atoms with van der Waals surface area (Å²) in [5, 5.41) is 0.622. The molecule has 160 valence electrons. The third kappa shape index (κ3) is 6.86. The van der Waals surface area contributed by atoms with E-state index in [-0.39, 0.29) is 6.61 Å². The molecule has 0 radical (unpaired) electrons. The molecule has 3 aromatic carbocycles. The highest BCUT2D eigenvalue weighted by Gasteiger charge is 2.11. The zero-order chi connectivity index (χ0) is 22.1. The number of rotatable bonds is 9. The van der Waals surface area contributed by atoms with Crippen LogP contribution in [0, 0.1) is 0 Å². The lowest BCUT2D eigenvalue weighted by molar-refractivity contribution is 0.0472. The van der Waals surface area contributed by atoms with Crippen LogP contribution in [0.3, 0.4) is 0 Å². The fourth-order valence-electron chi connectivity index (χ4n) is 2.66. The van der Waals surface area contributed by atoms with E-state index in [4.69, 9.17) is 25.8 Å². The molecule has 0 aliphatic heterocycles. The first-order valence-corrected chi connectivity index (χ1v) is 10.4. The molecule has 0 amide bonds. The Morgan fingerprint density at radius 2 is 1.35 bits per heavy atom. The van der Waals surface area contributed by atoms with Crippen LogP contribution in [-0.4, -0.2) is 18.5 Å². The van der Waals surface area contributed by atoms with Gasteiger partial charge in [0.1, 0.15) is 18.1 Å². The van der Waals surface area contributed by atoms with Crippen molar-refractivity contribution < 1.29 is 23.8 Å². The highest BCUT2D eigenvalue weighted by Crippen LogP contribution is 2.18. The van der Waals surface area contributed by atoms with Crippen LogP contribution < -0.4 is 9.47 Å². The van der Waals surface area contributed by atoms with Crippen LogP contribution >= 0.6 is 11.6 Å². The van der Waals surface area contributed by atoms with Gasteiger partial charge in [0.05, 0.1) is 17.7 Å². The summed E-state index contributed by atoms with van der Waals surface area (Å²) in [7, 11) is 0. The van der Waals surface area contributed by atoms with Crippen LogP contribution in [0.25, 0.3) is 0 Å². The molecular weight excluding hydrogens is 416 g/mol. The van der Waals surface area contributed by atoms with Crippen molar-refractivity contribution in [3.8, 4) is 11.5 Å². The zero-order valence-electron chi connectivity index (χ0n) is 17.2. The maximum atomic E-state index is 12.3. The van der Waals surface area contributed by atoms with E-state index in [2.05, 4.69) is 6.92 Å². The van der Waals surface area contributed by atoms with Crippen molar-refractivity contribution in [1.29, 1.82) is 0 Å². The quantitative estimate of drug-likeness (QED) is 0.229. The number of benzene rings is 3. The van der Waals surface area contributed by atoms with Gasteiger partial charge in [-0.25, -0.2) is 9.59 Å². The van der Waals surface area contributed by atoms with Gasteiger partial charge in [-0.2, -0.15) is 0 Å². The normalized spacial score (nSPS) is 10.4. The third-order valence-electron chi connectivity index (χ3n) is 4.44. The van der Waals surface area contributed by atoms with E-state index in [1.54, 1.807) is 72.8 Å². The topological polar surface area (TPSA) is 61.8 Å². The van der Waals surface area contributed by atoms with E-state index < -0.39 is 11.9 Å². The third-order valence-corrected chi connectivity index (χ3v) is 4.69. The minimum Gasteiger partial charge on any atom is -0.494 e. The maximum absolute atomic E-state index is 12.3.